The second-order valence-corrected chi connectivity index (χ2v) is 6.14. The molecule has 2 unspecified atom stereocenters. The molecular formula is C16H24N4O. The molecule has 3 rings (SSSR count). The van der Waals surface area contributed by atoms with E-state index >= 15 is 0 Å². The minimum atomic E-state index is -0.221. The van der Waals surface area contributed by atoms with Crippen molar-refractivity contribution >= 4 is 17.3 Å². The normalized spacial score (nSPS) is 26.4. The Balaban J connectivity index is 1.87. The van der Waals surface area contributed by atoms with Crippen LogP contribution in [-0.4, -0.2) is 50.6 Å². The maximum Gasteiger partial charge on any atom is 0.246 e. The molecule has 0 saturated carbocycles. The number of carbonyl (C=O) groups excluding carboxylic acids is 1. The Hall–Kier alpha value is -1.59. The average Bonchev–Trinajstić information content (AvgIpc) is 2.66. The largest absolute Gasteiger partial charge is 0.367 e. The summed E-state index contributed by atoms with van der Waals surface area (Å²) in [4.78, 5) is 16.8. The third kappa shape index (κ3) is 2.63. The third-order valence-electron chi connectivity index (χ3n) is 4.54. The summed E-state index contributed by atoms with van der Waals surface area (Å²) >= 11 is 0. The summed E-state index contributed by atoms with van der Waals surface area (Å²) in [6.07, 6.45) is 1.17. The molecule has 0 bridgehead atoms. The molecule has 1 amide bonds. The summed E-state index contributed by atoms with van der Waals surface area (Å²) in [6, 6.07) is 6.59. The van der Waals surface area contributed by atoms with Gasteiger partial charge in [0.2, 0.25) is 5.91 Å². The number of anilines is 2. The highest BCUT2D eigenvalue weighted by Crippen LogP contribution is 2.34. The molecule has 0 spiro atoms. The smallest absolute Gasteiger partial charge is 0.246 e. The van der Waals surface area contributed by atoms with Gasteiger partial charge in [-0.3, -0.25) is 4.79 Å². The fraction of sp³-hybridized carbons (Fsp3) is 0.562. The van der Waals surface area contributed by atoms with Gasteiger partial charge in [-0.05, 0) is 46.1 Å². The summed E-state index contributed by atoms with van der Waals surface area (Å²) in [5.41, 5.74) is 3.20. The number of hydrogen-bond acceptors (Lipinski definition) is 4. The van der Waals surface area contributed by atoms with Crippen molar-refractivity contribution in [2.45, 2.75) is 25.4 Å². The molecule has 2 aliphatic heterocycles. The zero-order valence-electron chi connectivity index (χ0n) is 13.0. The van der Waals surface area contributed by atoms with E-state index in [0.717, 1.165) is 30.9 Å². The van der Waals surface area contributed by atoms with Crippen LogP contribution in [0.3, 0.4) is 0 Å². The number of rotatable bonds is 2. The molecule has 5 nitrogen and oxygen atoms in total. The fourth-order valence-corrected chi connectivity index (χ4v) is 3.47. The molecule has 1 saturated heterocycles. The van der Waals surface area contributed by atoms with Crippen molar-refractivity contribution in [2.75, 3.05) is 43.9 Å². The van der Waals surface area contributed by atoms with Crippen LogP contribution in [0.5, 0.6) is 0 Å². The lowest BCUT2D eigenvalue weighted by Crippen LogP contribution is -2.37. The Morgan fingerprint density at radius 2 is 2.14 bits per heavy atom. The zero-order valence-corrected chi connectivity index (χ0v) is 13.0. The number of carbonyl (C=O) groups is 1. The second kappa shape index (κ2) is 5.66. The molecule has 2 atom stereocenters. The third-order valence-corrected chi connectivity index (χ3v) is 4.54. The first kappa shape index (κ1) is 14.4. The maximum absolute atomic E-state index is 11.9. The fourth-order valence-electron chi connectivity index (χ4n) is 3.47. The van der Waals surface area contributed by atoms with Gasteiger partial charge in [0.25, 0.3) is 0 Å². The van der Waals surface area contributed by atoms with E-state index in [0.29, 0.717) is 6.04 Å². The number of hydrogen-bond donors (Lipinski definition) is 2. The van der Waals surface area contributed by atoms with Crippen LogP contribution < -0.4 is 15.5 Å². The molecule has 2 N–H and O–H groups in total. The van der Waals surface area contributed by atoms with Crippen molar-refractivity contribution < 1.29 is 4.79 Å². The van der Waals surface area contributed by atoms with E-state index < -0.39 is 0 Å². The zero-order chi connectivity index (χ0) is 15.0. The van der Waals surface area contributed by atoms with Crippen LogP contribution in [0, 0.1) is 0 Å². The van der Waals surface area contributed by atoms with E-state index in [1.807, 2.05) is 7.05 Å². The first-order valence-electron chi connectivity index (χ1n) is 7.67. The van der Waals surface area contributed by atoms with Gasteiger partial charge in [0.05, 0.1) is 0 Å². The van der Waals surface area contributed by atoms with Crippen molar-refractivity contribution in [3.05, 3.63) is 23.8 Å². The molecule has 0 aliphatic carbocycles. The summed E-state index contributed by atoms with van der Waals surface area (Å²) in [7, 11) is 4.00. The molecule has 0 radical (unpaired) electrons. The van der Waals surface area contributed by atoms with E-state index in [1.165, 1.54) is 12.1 Å². The van der Waals surface area contributed by atoms with Gasteiger partial charge in [-0.15, -0.1) is 0 Å². The molecule has 5 heteroatoms. The van der Waals surface area contributed by atoms with Gasteiger partial charge in [0, 0.05) is 36.1 Å². The molecule has 1 aromatic carbocycles. The van der Waals surface area contributed by atoms with E-state index in [9.17, 15) is 4.79 Å². The summed E-state index contributed by atoms with van der Waals surface area (Å²) in [5.74, 6) is 0.0355. The van der Waals surface area contributed by atoms with Crippen LogP contribution in [0.2, 0.25) is 0 Å². The lowest BCUT2D eigenvalue weighted by Gasteiger charge is -2.30. The number of nitrogens with one attached hydrogen (secondary N) is 2. The van der Waals surface area contributed by atoms with Crippen molar-refractivity contribution in [2.24, 2.45) is 0 Å². The van der Waals surface area contributed by atoms with Crippen molar-refractivity contribution in [1.29, 1.82) is 0 Å². The monoisotopic (exact) mass is 288 g/mol. The first-order valence-corrected chi connectivity index (χ1v) is 7.67. The predicted molar refractivity (Wildman–Crippen MR) is 85.8 cm³/mol. The Kier molecular flexibility index (Phi) is 3.87. The van der Waals surface area contributed by atoms with Crippen molar-refractivity contribution in [1.82, 2.24) is 10.2 Å². The van der Waals surface area contributed by atoms with Crippen LogP contribution in [0.4, 0.5) is 11.4 Å². The number of benzene rings is 1. The van der Waals surface area contributed by atoms with Crippen LogP contribution in [0.1, 0.15) is 24.9 Å². The molecule has 1 fully saturated rings. The summed E-state index contributed by atoms with van der Waals surface area (Å²) < 4.78 is 0. The maximum atomic E-state index is 11.9. The molecule has 0 aromatic heterocycles. The van der Waals surface area contributed by atoms with Gasteiger partial charge in [-0.25, -0.2) is 0 Å². The number of nitrogens with zero attached hydrogens (tertiary/aromatic N) is 2. The highest BCUT2D eigenvalue weighted by atomic mass is 16.2. The van der Waals surface area contributed by atoms with E-state index in [2.05, 4.69) is 52.6 Å². The van der Waals surface area contributed by atoms with Gasteiger partial charge in [-0.1, -0.05) is 6.07 Å². The predicted octanol–water partition coefficient (Wildman–Crippen LogP) is 1.43. The first-order chi connectivity index (χ1) is 10.1. The van der Waals surface area contributed by atoms with Gasteiger partial charge in [0.15, 0.2) is 0 Å². The molecule has 2 aliphatic rings. The van der Waals surface area contributed by atoms with Crippen molar-refractivity contribution in [3.8, 4) is 0 Å². The molecule has 1 aromatic rings. The Labute approximate surface area is 126 Å². The van der Waals surface area contributed by atoms with E-state index in [1.54, 1.807) is 0 Å². The van der Waals surface area contributed by atoms with Crippen LogP contribution in [-0.2, 0) is 4.79 Å². The van der Waals surface area contributed by atoms with Gasteiger partial charge >= 0.3 is 0 Å². The van der Waals surface area contributed by atoms with Crippen LogP contribution in [0.25, 0.3) is 0 Å². The van der Waals surface area contributed by atoms with E-state index in [-0.39, 0.29) is 11.9 Å². The van der Waals surface area contributed by atoms with Crippen molar-refractivity contribution in [3.63, 3.8) is 0 Å². The highest BCUT2D eigenvalue weighted by Gasteiger charge is 2.30. The minimum Gasteiger partial charge on any atom is -0.367 e. The second-order valence-electron chi connectivity index (χ2n) is 6.14. The van der Waals surface area contributed by atoms with Crippen LogP contribution >= 0.6 is 0 Å². The molecule has 21 heavy (non-hydrogen) atoms. The summed E-state index contributed by atoms with van der Waals surface area (Å²) in [5, 5.41) is 6.04. The Morgan fingerprint density at radius 3 is 2.90 bits per heavy atom. The number of fused-ring (bicyclic) bond motifs is 1. The van der Waals surface area contributed by atoms with Crippen LogP contribution in [0.15, 0.2) is 18.2 Å². The highest BCUT2D eigenvalue weighted by molar-refractivity contribution is 6.03. The lowest BCUT2D eigenvalue weighted by atomic mass is 10.1. The average molecular weight is 288 g/mol. The van der Waals surface area contributed by atoms with E-state index in [4.69, 9.17) is 0 Å². The molecule has 114 valence electrons. The number of likely N-dealkylation sites (N-methyl/N-ethyl adjacent to an activating group) is 2. The standard InChI is InChI=1S/C16H24N4O/c1-11-10-19(3)7-4-8-20(11)12-5-6-13-14(9-12)18-16(21)15(13)17-2/h5-6,9,11,15,17H,4,7-8,10H2,1-3H3,(H,18,21). The minimum absolute atomic E-state index is 0.0355. The van der Waals surface area contributed by atoms with Gasteiger partial charge < -0.3 is 20.4 Å². The van der Waals surface area contributed by atoms with Gasteiger partial charge in [0.1, 0.15) is 6.04 Å². The number of amides is 1. The summed E-state index contributed by atoms with van der Waals surface area (Å²) in [6.45, 7) is 5.55. The molecular weight excluding hydrogens is 264 g/mol. The topological polar surface area (TPSA) is 47.6 Å². The lowest BCUT2D eigenvalue weighted by molar-refractivity contribution is -0.117. The molecule has 2 heterocycles. The van der Waals surface area contributed by atoms with Gasteiger partial charge in [-0.2, -0.15) is 0 Å². The Morgan fingerprint density at radius 1 is 1.33 bits per heavy atom. The SMILES string of the molecule is CNC1C(=O)Nc2cc(N3CCCN(C)CC3C)ccc21. The quantitative estimate of drug-likeness (QED) is 0.864. The Bertz CT molecular complexity index is 545.